The molecule has 0 fully saturated rings. The summed E-state index contributed by atoms with van der Waals surface area (Å²) in [6, 6.07) is 9.99. The molecule has 0 spiro atoms. The number of rotatable bonds is 6. The van der Waals surface area contributed by atoms with Crippen molar-refractivity contribution >= 4 is 5.91 Å². The van der Waals surface area contributed by atoms with Crippen LogP contribution in [0.5, 0.6) is 0 Å². The van der Waals surface area contributed by atoms with Crippen LogP contribution in [0.15, 0.2) is 30.3 Å². The maximum Gasteiger partial charge on any atom is 0.234 e. The minimum atomic E-state index is -0.0625. The quantitative estimate of drug-likeness (QED) is 0.724. The third-order valence-electron chi connectivity index (χ3n) is 2.14. The van der Waals surface area contributed by atoms with Crippen molar-refractivity contribution in [3.8, 4) is 0 Å². The number of hydrogen-bond acceptors (Lipinski definition) is 3. The highest BCUT2D eigenvalue weighted by molar-refractivity contribution is 5.77. The van der Waals surface area contributed by atoms with E-state index in [1.165, 1.54) is 5.56 Å². The minimum Gasteiger partial charge on any atom is -0.395 e. The first kappa shape index (κ1) is 12.7. The van der Waals surface area contributed by atoms with E-state index in [0.717, 1.165) is 6.54 Å². The van der Waals surface area contributed by atoms with Crippen LogP contribution in [-0.4, -0.2) is 42.7 Å². The van der Waals surface area contributed by atoms with E-state index in [4.69, 9.17) is 5.11 Å². The Balaban J connectivity index is 2.30. The topological polar surface area (TPSA) is 52.6 Å². The van der Waals surface area contributed by atoms with Gasteiger partial charge in [-0.2, -0.15) is 0 Å². The molecule has 0 radical (unpaired) electrons. The smallest absolute Gasteiger partial charge is 0.234 e. The molecular formula is C12H18N2O2. The molecule has 0 heterocycles. The van der Waals surface area contributed by atoms with Crippen molar-refractivity contribution in [1.29, 1.82) is 0 Å². The van der Waals surface area contributed by atoms with Crippen molar-refractivity contribution < 1.29 is 9.90 Å². The maximum atomic E-state index is 11.3. The van der Waals surface area contributed by atoms with Crippen molar-refractivity contribution in [2.45, 2.75) is 6.54 Å². The Bertz CT molecular complexity index is 314. The van der Waals surface area contributed by atoms with Crippen LogP contribution in [0.25, 0.3) is 0 Å². The third kappa shape index (κ3) is 4.91. The lowest BCUT2D eigenvalue weighted by molar-refractivity contribution is -0.122. The van der Waals surface area contributed by atoms with E-state index >= 15 is 0 Å². The molecule has 0 atom stereocenters. The fraction of sp³-hybridized carbons (Fsp3) is 0.417. The first-order valence-electron chi connectivity index (χ1n) is 5.32. The van der Waals surface area contributed by atoms with Gasteiger partial charge in [-0.3, -0.25) is 9.69 Å². The number of nitrogens with zero attached hydrogens (tertiary/aromatic N) is 1. The summed E-state index contributed by atoms with van der Waals surface area (Å²) in [7, 11) is 1.89. The van der Waals surface area contributed by atoms with Gasteiger partial charge in [0.1, 0.15) is 0 Å². The molecule has 0 bridgehead atoms. The molecule has 1 aromatic rings. The minimum absolute atomic E-state index is 0.0197. The summed E-state index contributed by atoms with van der Waals surface area (Å²) in [4.78, 5) is 13.3. The average molecular weight is 222 g/mol. The molecule has 0 aliphatic heterocycles. The van der Waals surface area contributed by atoms with Crippen LogP contribution in [0.2, 0.25) is 0 Å². The Hall–Kier alpha value is -1.39. The summed E-state index contributed by atoms with van der Waals surface area (Å²) < 4.78 is 0. The lowest BCUT2D eigenvalue weighted by Crippen LogP contribution is -2.36. The van der Waals surface area contributed by atoms with Gasteiger partial charge in [0.05, 0.1) is 13.2 Å². The molecule has 16 heavy (non-hydrogen) atoms. The van der Waals surface area contributed by atoms with Gasteiger partial charge < -0.3 is 10.4 Å². The predicted octanol–water partition coefficient (Wildman–Crippen LogP) is 0.227. The zero-order chi connectivity index (χ0) is 11.8. The van der Waals surface area contributed by atoms with Gasteiger partial charge in [0, 0.05) is 13.1 Å². The Labute approximate surface area is 95.9 Å². The number of carbonyl (C=O) groups excluding carboxylic acids is 1. The number of amides is 1. The van der Waals surface area contributed by atoms with Gasteiger partial charge in [0.15, 0.2) is 0 Å². The Morgan fingerprint density at radius 1 is 1.38 bits per heavy atom. The van der Waals surface area contributed by atoms with Crippen molar-refractivity contribution in [2.75, 3.05) is 26.7 Å². The van der Waals surface area contributed by atoms with Crippen LogP contribution in [0.4, 0.5) is 0 Å². The molecule has 4 heteroatoms. The van der Waals surface area contributed by atoms with Gasteiger partial charge >= 0.3 is 0 Å². The van der Waals surface area contributed by atoms with E-state index < -0.39 is 0 Å². The second-order valence-corrected chi connectivity index (χ2v) is 3.73. The number of aliphatic hydroxyl groups excluding tert-OH is 1. The van der Waals surface area contributed by atoms with E-state index in [-0.39, 0.29) is 12.5 Å². The standard InChI is InChI=1S/C12H18N2O2/c1-14(10-12(16)13-7-8-15)9-11-5-3-2-4-6-11/h2-6,15H,7-10H2,1H3,(H,13,16). The van der Waals surface area contributed by atoms with E-state index in [1.807, 2.05) is 42.3 Å². The second-order valence-electron chi connectivity index (χ2n) is 3.73. The molecule has 1 rings (SSSR count). The summed E-state index contributed by atoms with van der Waals surface area (Å²) in [5.74, 6) is -0.0625. The van der Waals surface area contributed by atoms with Crippen molar-refractivity contribution in [2.24, 2.45) is 0 Å². The van der Waals surface area contributed by atoms with Crippen molar-refractivity contribution in [1.82, 2.24) is 10.2 Å². The zero-order valence-electron chi connectivity index (χ0n) is 9.52. The molecule has 1 aromatic carbocycles. The molecule has 0 saturated heterocycles. The molecule has 0 saturated carbocycles. The number of carbonyl (C=O) groups is 1. The highest BCUT2D eigenvalue weighted by Crippen LogP contribution is 2.01. The highest BCUT2D eigenvalue weighted by atomic mass is 16.3. The summed E-state index contributed by atoms with van der Waals surface area (Å²) >= 11 is 0. The lowest BCUT2D eigenvalue weighted by atomic mass is 10.2. The molecule has 0 aliphatic rings. The van der Waals surface area contributed by atoms with Gasteiger partial charge in [0.25, 0.3) is 0 Å². The monoisotopic (exact) mass is 222 g/mol. The van der Waals surface area contributed by atoms with E-state index in [9.17, 15) is 4.79 Å². The molecule has 88 valence electrons. The summed E-state index contributed by atoms with van der Waals surface area (Å²) in [6.45, 7) is 1.38. The summed E-state index contributed by atoms with van der Waals surface area (Å²) in [5.41, 5.74) is 1.18. The fourth-order valence-corrected chi connectivity index (χ4v) is 1.45. The Morgan fingerprint density at radius 2 is 2.06 bits per heavy atom. The predicted molar refractivity (Wildman–Crippen MR) is 62.9 cm³/mol. The molecule has 4 nitrogen and oxygen atoms in total. The second kappa shape index (κ2) is 6.98. The van der Waals surface area contributed by atoms with Crippen molar-refractivity contribution in [3.05, 3.63) is 35.9 Å². The van der Waals surface area contributed by atoms with Crippen LogP contribution < -0.4 is 5.32 Å². The molecule has 0 unspecified atom stereocenters. The lowest BCUT2D eigenvalue weighted by Gasteiger charge is -2.15. The molecule has 0 aromatic heterocycles. The fourth-order valence-electron chi connectivity index (χ4n) is 1.45. The molecular weight excluding hydrogens is 204 g/mol. The first-order chi connectivity index (χ1) is 7.72. The van der Waals surface area contributed by atoms with Gasteiger partial charge in [-0.05, 0) is 12.6 Å². The van der Waals surface area contributed by atoms with Crippen LogP contribution in [0.1, 0.15) is 5.56 Å². The van der Waals surface area contributed by atoms with Gasteiger partial charge in [-0.15, -0.1) is 0 Å². The average Bonchev–Trinajstić information content (AvgIpc) is 2.27. The molecule has 0 aliphatic carbocycles. The SMILES string of the molecule is CN(CC(=O)NCCO)Cc1ccccc1. The van der Waals surface area contributed by atoms with Gasteiger partial charge in [-0.1, -0.05) is 30.3 Å². The number of benzene rings is 1. The highest BCUT2D eigenvalue weighted by Gasteiger charge is 2.05. The summed E-state index contributed by atoms with van der Waals surface area (Å²) in [6.07, 6.45) is 0. The van der Waals surface area contributed by atoms with Crippen LogP contribution >= 0.6 is 0 Å². The zero-order valence-corrected chi connectivity index (χ0v) is 9.52. The van der Waals surface area contributed by atoms with Crippen LogP contribution in [0, 0.1) is 0 Å². The number of nitrogens with one attached hydrogen (secondary N) is 1. The van der Waals surface area contributed by atoms with Crippen LogP contribution in [-0.2, 0) is 11.3 Å². The van der Waals surface area contributed by atoms with Crippen molar-refractivity contribution in [3.63, 3.8) is 0 Å². The number of hydrogen-bond donors (Lipinski definition) is 2. The van der Waals surface area contributed by atoms with E-state index in [0.29, 0.717) is 13.1 Å². The van der Waals surface area contributed by atoms with E-state index in [1.54, 1.807) is 0 Å². The largest absolute Gasteiger partial charge is 0.395 e. The number of likely N-dealkylation sites (N-methyl/N-ethyl adjacent to an activating group) is 1. The van der Waals surface area contributed by atoms with Crippen LogP contribution in [0.3, 0.4) is 0 Å². The maximum absolute atomic E-state index is 11.3. The van der Waals surface area contributed by atoms with Gasteiger partial charge in [-0.25, -0.2) is 0 Å². The molecule has 2 N–H and O–H groups in total. The normalized spacial score (nSPS) is 10.4. The first-order valence-corrected chi connectivity index (χ1v) is 5.32. The van der Waals surface area contributed by atoms with E-state index in [2.05, 4.69) is 5.32 Å². The summed E-state index contributed by atoms with van der Waals surface area (Å²) in [5, 5.41) is 11.2. The number of aliphatic hydroxyl groups is 1. The molecule has 1 amide bonds. The Morgan fingerprint density at radius 3 is 2.69 bits per heavy atom. The Kier molecular flexibility index (Phi) is 5.53. The third-order valence-corrected chi connectivity index (χ3v) is 2.14. The van der Waals surface area contributed by atoms with Gasteiger partial charge in [0.2, 0.25) is 5.91 Å².